The Morgan fingerprint density at radius 2 is 1.83 bits per heavy atom. The van der Waals surface area contributed by atoms with Crippen LogP contribution in [0.4, 0.5) is 10.1 Å². The maximum absolute atomic E-state index is 13.1. The molecule has 1 aromatic heterocycles. The molecule has 156 valence electrons. The lowest BCUT2D eigenvalue weighted by atomic mass is 10.2. The highest BCUT2D eigenvalue weighted by Gasteiger charge is 2.38. The van der Waals surface area contributed by atoms with E-state index < -0.39 is 27.8 Å². The first kappa shape index (κ1) is 20.6. The number of aryl methyl sites for hydroxylation is 1. The quantitative estimate of drug-likeness (QED) is 0.644. The van der Waals surface area contributed by atoms with Crippen LogP contribution in [0.2, 0.25) is 0 Å². The van der Waals surface area contributed by atoms with E-state index in [2.05, 4.69) is 15.5 Å². The fourth-order valence-corrected chi connectivity index (χ4v) is 5.91. The highest BCUT2D eigenvalue weighted by atomic mass is 32.2. The predicted molar refractivity (Wildman–Crippen MR) is 111 cm³/mol. The molecule has 1 aliphatic heterocycles. The van der Waals surface area contributed by atoms with Gasteiger partial charge in [-0.05, 0) is 56.2 Å². The second kappa shape index (κ2) is 8.21. The molecule has 30 heavy (non-hydrogen) atoms. The number of aromatic nitrogens is 2. The number of hydrogen-bond acceptors (Lipinski definition) is 6. The van der Waals surface area contributed by atoms with E-state index in [9.17, 15) is 17.6 Å². The van der Waals surface area contributed by atoms with Crippen molar-refractivity contribution >= 4 is 33.0 Å². The maximum Gasteiger partial charge on any atom is 0.286 e. The fraction of sp³-hybridized carbons (Fsp3) is 0.250. The van der Waals surface area contributed by atoms with Crippen molar-refractivity contribution in [2.75, 3.05) is 11.9 Å². The second-order valence-corrected chi connectivity index (χ2v) is 9.89. The molecule has 7 nitrogen and oxygen atoms in total. The van der Waals surface area contributed by atoms with Crippen molar-refractivity contribution < 1.29 is 17.6 Å². The number of nitrogens with zero attached hydrogens (tertiary/aromatic N) is 3. The van der Waals surface area contributed by atoms with Crippen LogP contribution in [-0.2, 0) is 10.0 Å². The van der Waals surface area contributed by atoms with Gasteiger partial charge in [-0.25, -0.2) is 12.8 Å². The summed E-state index contributed by atoms with van der Waals surface area (Å²) in [6, 6.07) is 11.6. The number of anilines is 1. The molecule has 1 atom stereocenters. The molecule has 4 rings (SSSR count). The van der Waals surface area contributed by atoms with Crippen molar-refractivity contribution in [3.63, 3.8) is 0 Å². The van der Waals surface area contributed by atoms with Crippen molar-refractivity contribution in [1.82, 2.24) is 14.5 Å². The van der Waals surface area contributed by atoms with E-state index in [4.69, 9.17) is 0 Å². The smallest absolute Gasteiger partial charge is 0.286 e. The zero-order valence-electron chi connectivity index (χ0n) is 16.1. The van der Waals surface area contributed by atoms with Crippen LogP contribution in [0.1, 0.15) is 39.3 Å². The van der Waals surface area contributed by atoms with E-state index in [1.807, 2.05) is 6.92 Å². The minimum atomic E-state index is -3.68. The highest BCUT2D eigenvalue weighted by Crippen LogP contribution is 2.37. The summed E-state index contributed by atoms with van der Waals surface area (Å²) in [5.41, 5.74) is 1.41. The molecule has 1 aliphatic rings. The minimum Gasteiger partial charge on any atom is -0.320 e. The molecule has 0 aliphatic carbocycles. The third-order valence-corrected chi connectivity index (χ3v) is 7.80. The lowest BCUT2D eigenvalue weighted by molar-refractivity contribution is 0.102. The van der Waals surface area contributed by atoms with Crippen LogP contribution in [0.25, 0.3) is 0 Å². The number of carbonyl (C=O) groups is 1. The van der Waals surface area contributed by atoms with Crippen molar-refractivity contribution in [2.24, 2.45) is 0 Å². The van der Waals surface area contributed by atoms with E-state index in [0.29, 0.717) is 30.1 Å². The van der Waals surface area contributed by atoms with Gasteiger partial charge in [0.25, 0.3) is 5.91 Å². The minimum absolute atomic E-state index is 0.119. The fourth-order valence-electron chi connectivity index (χ4n) is 3.30. The van der Waals surface area contributed by atoms with Crippen LogP contribution in [-0.4, -0.2) is 35.4 Å². The molecule has 3 aromatic rings. The van der Waals surface area contributed by atoms with Crippen molar-refractivity contribution in [3.05, 3.63) is 69.9 Å². The van der Waals surface area contributed by atoms with Gasteiger partial charge >= 0.3 is 0 Å². The molecular formula is C20H19FN4O3S2. The SMILES string of the molecule is Cc1ccc(S(=O)(=O)N2CCC[C@H]2c2nnc(C(=O)Nc3ccc(F)cc3)s2)cc1. The maximum atomic E-state index is 13.1. The molecular weight excluding hydrogens is 427 g/mol. The first-order valence-electron chi connectivity index (χ1n) is 9.33. The number of hydrogen-bond donors (Lipinski definition) is 1. The third-order valence-electron chi connectivity index (χ3n) is 4.85. The van der Waals surface area contributed by atoms with E-state index in [1.54, 1.807) is 24.3 Å². The Balaban J connectivity index is 1.54. The molecule has 1 amide bonds. The molecule has 1 saturated heterocycles. The van der Waals surface area contributed by atoms with Crippen molar-refractivity contribution in [3.8, 4) is 0 Å². The molecule has 1 N–H and O–H groups in total. The average Bonchev–Trinajstić information content (AvgIpc) is 3.40. The number of amides is 1. The summed E-state index contributed by atoms with van der Waals surface area (Å²) < 4.78 is 40.7. The van der Waals surface area contributed by atoms with Gasteiger partial charge in [0.1, 0.15) is 10.8 Å². The van der Waals surface area contributed by atoms with Gasteiger partial charge in [-0.1, -0.05) is 29.0 Å². The summed E-state index contributed by atoms with van der Waals surface area (Å²) in [5, 5.41) is 11.3. The summed E-state index contributed by atoms with van der Waals surface area (Å²) in [4.78, 5) is 12.7. The van der Waals surface area contributed by atoms with Crippen LogP contribution in [0.3, 0.4) is 0 Å². The van der Waals surface area contributed by atoms with Crippen LogP contribution >= 0.6 is 11.3 Å². The van der Waals surface area contributed by atoms with Gasteiger partial charge in [0.15, 0.2) is 0 Å². The second-order valence-electron chi connectivity index (χ2n) is 6.99. The Labute approximate surface area is 177 Å². The van der Waals surface area contributed by atoms with Gasteiger partial charge in [-0.2, -0.15) is 4.31 Å². The first-order valence-corrected chi connectivity index (χ1v) is 11.6. The Kier molecular flexibility index (Phi) is 5.63. The summed E-state index contributed by atoms with van der Waals surface area (Å²) in [7, 11) is -3.68. The standard InChI is InChI=1S/C20H19FN4O3S2/c1-13-4-10-16(11-5-13)30(27,28)25-12-2-3-17(25)19-23-24-20(29-19)18(26)22-15-8-6-14(21)7-9-15/h4-11,17H,2-3,12H2,1H3,(H,22,26)/t17-/m0/s1. The molecule has 1 fully saturated rings. The number of benzene rings is 2. The monoisotopic (exact) mass is 446 g/mol. The molecule has 0 spiro atoms. The van der Waals surface area contributed by atoms with E-state index in [-0.39, 0.29) is 9.90 Å². The summed E-state index contributed by atoms with van der Waals surface area (Å²) >= 11 is 1.06. The summed E-state index contributed by atoms with van der Waals surface area (Å²) in [6.45, 7) is 2.28. The lowest BCUT2D eigenvalue weighted by Gasteiger charge is -2.22. The molecule has 0 saturated carbocycles. The summed E-state index contributed by atoms with van der Waals surface area (Å²) in [5.74, 6) is -0.876. The van der Waals surface area contributed by atoms with Crippen LogP contribution in [0, 0.1) is 12.7 Å². The first-order chi connectivity index (χ1) is 14.3. The largest absolute Gasteiger partial charge is 0.320 e. The summed E-state index contributed by atoms with van der Waals surface area (Å²) in [6.07, 6.45) is 1.31. The predicted octanol–water partition coefficient (Wildman–Crippen LogP) is 3.76. The van der Waals surface area contributed by atoms with Gasteiger partial charge in [-0.15, -0.1) is 10.2 Å². The van der Waals surface area contributed by atoms with Crippen molar-refractivity contribution in [2.45, 2.75) is 30.7 Å². The topological polar surface area (TPSA) is 92.3 Å². The number of carbonyl (C=O) groups excluding carboxylic acids is 1. The number of rotatable bonds is 5. The molecule has 10 heteroatoms. The van der Waals surface area contributed by atoms with Crippen LogP contribution in [0.15, 0.2) is 53.4 Å². The number of sulfonamides is 1. The average molecular weight is 447 g/mol. The van der Waals surface area contributed by atoms with Gasteiger partial charge < -0.3 is 5.32 Å². The Hall–Kier alpha value is -2.69. The van der Waals surface area contributed by atoms with E-state index in [0.717, 1.165) is 16.9 Å². The van der Waals surface area contributed by atoms with Crippen LogP contribution < -0.4 is 5.32 Å². The lowest BCUT2D eigenvalue weighted by Crippen LogP contribution is -2.30. The Morgan fingerprint density at radius 3 is 2.53 bits per heavy atom. The molecule has 2 heterocycles. The normalized spacial score (nSPS) is 17.2. The molecule has 0 unspecified atom stereocenters. The number of nitrogens with one attached hydrogen (secondary N) is 1. The van der Waals surface area contributed by atoms with E-state index >= 15 is 0 Å². The van der Waals surface area contributed by atoms with Crippen molar-refractivity contribution in [1.29, 1.82) is 0 Å². The Morgan fingerprint density at radius 1 is 1.13 bits per heavy atom. The third kappa shape index (κ3) is 4.11. The highest BCUT2D eigenvalue weighted by molar-refractivity contribution is 7.89. The Bertz CT molecular complexity index is 1160. The van der Waals surface area contributed by atoms with E-state index in [1.165, 1.54) is 28.6 Å². The van der Waals surface area contributed by atoms with Gasteiger partial charge in [-0.3, -0.25) is 4.79 Å². The molecule has 0 radical (unpaired) electrons. The number of halogens is 1. The van der Waals surface area contributed by atoms with Gasteiger partial charge in [0.05, 0.1) is 10.9 Å². The van der Waals surface area contributed by atoms with Gasteiger partial charge in [0.2, 0.25) is 15.0 Å². The zero-order chi connectivity index (χ0) is 21.3. The van der Waals surface area contributed by atoms with Crippen LogP contribution in [0.5, 0.6) is 0 Å². The van der Waals surface area contributed by atoms with Gasteiger partial charge in [0, 0.05) is 12.2 Å². The zero-order valence-corrected chi connectivity index (χ0v) is 17.7. The molecule has 0 bridgehead atoms. The molecule has 2 aromatic carbocycles.